The molecule has 0 aliphatic carbocycles. The number of nitrogens with one attached hydrogen (secondary N) is 1. The molecule has 0 saturated carbocycles. The fourth-order valence-electron chi connectivity index (χ4n) is 8.22. The third-order valence-electron chi connectivity index (χ3n) is 10.3. The smallest absolute Gasteiger partial charge is 0.319 e. The molecule has 0 spiro atoms. The summed E-state index contributed by atoms with van der Waals surface area (Å²) in [7, 11) is 0. The molecule has 9 nitrogen and oxygen atoms in total. The van der Waals surface area contributed by atoms with Crippen LogP contribution in [0.4, 0.5) is 20.3 Å². The molecule has 44 heavy (non-hydrogen) atoms. The number of aromatic hydroxyl groups is 1. The number of aromatic nitrogens is 2. The Morgan fingerprint density at radius 2 is 2.09 bits per heavy atom. The molecule has 0 radical (unpaired) electrons. The SMILES string of the molecule is C#Cc1c(F)ccc2cc(O)cc(N3CCc4c(nc(OC[C@@]56CCCN5C[C@H](F)C6)nc4N4CC5CCC4CN5)C3=O)c12. The van der Waals surface area contributed by atoms with Gasteiger partial charge in [-0.3, -0.25) is 9.69 Å². The van der Waals surface area contributed by atoms with Crippen molar-refractivity contribution in [2.75, 3.05) is 49.1 Å². The van der Waals surface area contributed by atoms with Crippen molar-refractivity contribution in [3.05, 3.63) is 46.9 Å². The van der Waals surface area contributed by atoms with Crippen molar-refractivity contribution in [2.24, 2.45) is 0 Å². The normalized spacial score (nSPS) is 27.9. The fraction of sp³-hybridized carbons (Fsp3) is 0.485. The predicted octanol–water partition coefficient (Wildman–Crippen LogP) is 3.55. The molecule has 4 atom stereocenters. The number of terminal acetylenes is 1. The van der Waals surface area contributed by atoms with E-state index in [4.69, 9.17) is 16.1 Å². The lowest BCUT2D eigenvalue weighted by Gasteiger charge is -2.47. The van der Waals surface area contributed by atoms with Gasteiger partial charge in [-0.2, -0.15) is 9.97 Å². The Morgan fingerprint density at radius 3 is 2.86 bits per heavy atom. The third kappa shape index (κ3) is 4.30. The number of phenolic OH excluding ortho intramolecular Hbond substituents is 1. The van der Waals surface area contributed by atoms with Crippen LogP contribution in [0.1, 0.15) is 53.7 Å². The predicted molar refractivity (Wildman–Crippen MR) is 162 cm³/mol. The molecule has 5 saturated heterocycles. The van der Waals surface area contributed by atoms with Gasteiger partial charge in [0.05, 0.1) is 16.8 Å². The molecular weight excluding hydrogens is 566 g/mol. The van der Waals surface area contributed by atoms with E-state index < -0.39 is 17.9 Å². The number of anilines is 2. The van der Waals surface area contributed by atoms with Gasteiger partial charge in [-0.05, 0) is 56.2 Å². The van der Waals surface area contributed by atoms with Crippen LogP contribution in [0.2, 0.25) is 0 Å². The molecule has 2 N–H and O–H groups in total. The summed E-state index contributed by atoms with van der Waals surface area (Å²) in [4.78, 5) is 29.9. The second-order valence-corrected chi connectivity index (χ2v) is 12.8. The standard InChI is InChI=1S/C33H34F2N6O3/c1-2-24-26(35)7-4-19-12-23(42)13-27(28(19)24)40-11-8-25-29(31(40)43)37-32(38-30(25)41-17-21-5-6-22(41)15-36-21)44-18-33-9-3-10-39(33)16-20(34)14-33/h1,4,7,12-13,20-22,36,42H,3,5-6,8-11,14-18H2/t20-,21?,22?,33+/m1/s1. The Hall–Kier alpha value is -4.01. The number of hydrogen-bond donors (Lipinski definition) is 2. The van der Waals surface area contributed by atoms with Gasteiger partial charge in [-0.1, -0.05) is 12.0 Å². The van der Waals surface area contributed by atoms with Crippen LogP contribution in [-0.2, 0) is 6.42 Å². The molecule has 7 heterocycles. The summed E-state index contributed by atoms with van der Waals surface area (Å²) < 4.78 is 35.6. The highest BCUT2D eigenvalue weighted by molar-refractivity contribution is 6.13. The number of fused-ring (bicyclic) bond motifs is 6. The van der Waals surface area contributed by atoms with E-state index in [1.165, 1.54) is 23.1 Å². The molecule has 9 rings (SSSR count). The molecule has 2 aromatic carbocycles. The van der Waals surface area contributed by atoms with E-state index in [9.17, 15) is 18.7 Å². The van der Waals surface area contributed by atoms with E-state index in [2.05, 4.69) is 26.0 Å². The van der Waals surface area contributed by atoms with Crippen molar-refractivity contribution < 1.29 is 23.4 Å². The minimum Gasteiger partial charge on any atom is -0.508 e. The van der Waals surface area contributed by atoms with Crippen molar-refractivity contribution in [3.63, 3.8) is 0 Å². The number of piperidine rings is 2. The zero-order valence-corrected chi connectivity index (χ0v) is 24.4. The number of ether oxygens (including phenoxy) is 1. The molecular formula is C33H34F2N6O3. The van der Waals surface area contributed by atoms with Crippen molar-refractivity contribution in [1.29, 1.82) is 0 Å². The summed E-state index contributed by atoms with van der Waals surface area (Å²) in [6.45, 7) is 3.39. The minimum absolute atomic E-state index is 0.0310. The van der Waals surface area contributed by atoms with Gasteiger partial charge in [-0.25, -0.2) is 8.78 Å². The molecule has 3 aromatic rings. The zero-order valence-electron chi connectivity index (χ0n) is 24.4. The lowest BCUT2D eigenvalue weighted by Crippen LogP contribution is -2.61. The summed E-state index contributed by atoms with van der Waals surface area (Å²) >= 11 is 0. The summed E-state index contributed by atoms with van der Waals surface area (Å²) in [5, 5.41) is 15.1. The van der Waals surface area contributed by atoms with Crippen molar-refractivity contribution in [2.45, 2.75) is 62.3 Å². The average Bonchev–Trinajstić information content (AvgIpc) is 3.56. The summed E-state index contributed by atoms with van der Waals surface area (Å²) in [5.41, 5.74) is 0.940. The Bertz CT molecular complexity index is 1720. The van der Waals surface area contributed by atoms with Crippen LogP contribution in [0.5, 0.6) is 11.8 Å². The highest BCUT2D eigenvalue weighted by Gasteiger charge is 2.49. The number of piperazine rings is 1. The first-order chi connectivity index (χ1) is 21.3. The Balaban J connectivity index is 1.21. The number of carbonyl (C=O) groups is 1. The van der Waals surface area contributed by atoms with Gasteiger partial charge in [0.2, 0.25) is 0 Å². The molecule has 1 amide bonds. The Morgan fingerprint density at radius 1 is 1.20 bits per heavy atom. The summed E-state index contributed by atoms with van der Waals surface area (Å²) in [6, 6.07) is 6.43. The average molecular weight is 601 g/mol. The summed E-state index contributed by atoms with van der Waals surface area (Å²) in [5.74, 6) is 2.10. The molecule has 1 aromatic heterocycles. The second-order valence-electron chi connectivity index (χ2n) is 12.8. The monoisotopic (exact) mass is 600 g/mol. The van der Waals surface area contributed by atoms with Crippen LogP contribution in [-0.4, -0.2) is 89.0 Å². The number of phenols is 1. The molecule has 6 aliphatic rings. The Labute approximate surface area is 254 Å². The Kier molecular flexibility index (Phi) is 6.43. The van der Waals surface area contributed by atoms with Gasteiger partial charge >= 0.3 is 6.01 Å². The highest BCUT2D eigenvalue weighted by Crippen LogP contribution is 2.42. The van der Waals surface area contributed by atoms with E-state index in [1.807, 2.05) is 0 Å². The lowest BCUT2D eigenvalue weighted by molar-refractivity contribution is 0.0963. The number of rotatable bonds is 5. The van der Waals surface area contributed by atoms with Gasteiger partial charge in [0.25, 0.3) is 5.91 Å². The topological polar surface area (TPSA) is 94.1 Å². The van der Waals surface area contributed by atoms with E-state index >= 15 is 0 Å². The lowest BCUT2D eigenvalue weighted by atomic mass is 9.92. The number of amides is 1. The molecule has 5 fully saturated rings. The van der Waals surface area contributed by atoms with Gasteiger partial charge in [0, 0.05) is 61.7 Å². The van der Waals surface area contributed by atoms with Crippen LogP contribution >= 0.6 is 0 Å². The van der Waals surface area contributed by atoms with E-state index in [1.54, 1.807) is 6.07 Å². The van der Waals surface area contributed by atoms with E-state index in [0.29, 0.717) is 47.7 Å². The number of nitrogens with zero attached hydrogens (tertiary/aromatic N) is 5. The van der Waals surface area contributed by atoms with Crippen LogP contribution < -0.4 is 19.9 Å². The van der Waals surface area contributed by atoms with E-state index in [-0.39, 0.29) is 47.7 Å². The van der Waals surface area contributed by atoms with Crippen LogP contribution in [0.3, 0.4) is 0 Å². The van der Waals surface area contributed by atoms with Crippen LogP contribution in [0.15, 0.2) is 24.3 Å². The molecule has 2 unspecified atom stereocenters. The van der Waals surface area contributed by atoms with Crippen molar-refractivity contribution in [1.82, 2.24) is 20.2 Å². The van der Waals surface area contributed by atoms with Gasteiger partial charge < -0.3 is 25.0 Å². The zero-order chi connectivity index (χ0) is 30.2. The third-order valence-corrected chi connectivity index (χ3v) is 10.3. The van der Waals surface area contributed by atoms with E-state index in [0.717, 1.165) is 50.9 Å². The molecule has 6 aliphatic heterocycles. The maximum absolute atomic E-state index is 14.8. The van der Waals surface area contributed by atoms with Gasteiger partial charge in [0.15, 0.2) is 0 Å². The van der Waals surface area contributed by atoms with Gasteiger partial charge in [-0.15, -0.1) is 6.42 Å². The number of hydrogen-bond acceptors (Lipinski definition) is 8. The molecule has 11 heteroatoms. The fourth-order valence-corrected chi connectivity index (χ4v) is 8.22. The van der Waals surface area contributed by atoms with Crippen LogP contribution in [0.25, 0.3) is 10.8 Å². The number of benzene rings is 2. The minimum atomic E-state index is -0.889. The van der Waals surface area contributed by atoms with Crippen molar-refractivity contribution >= 4 is 28.2 Å². The first kappa shape index (κ1) is 27.5. The number of halogens is 2. The highest BCUT2D eigenvalue weighted by atomic mass is 19.1. The maximum atomic E-state index is 14.8. The molecule has 2 bridgehead atoms. The molecule has 228 valence electrons. The first-order valence-electron chi connectivity index (χ1n) is 15.5. The summed E-state index contributed by atoms with van der Waals surface area (Å²) in [6.07, 6.45) is 9.65. The van der Waals surface area contributed by atoms with Crippen molar-refractivity contribution in [3.8, 4) is 24.1 Å². The number of alkyl halides is 1. The second kappa shape index (κ2) is 10.3. The van der Waals surface area contributed by atoms with Crippen LogP contribution in [0, 0.1) is 18.2 Å². The maximum Gasteiger partial charge on any atom is 0.319 e. The quantitative estimate of drug-likeness (QED) is 0.430. The van der Waals surface area contributed by atoms with Gasteiger partial charge in [0.1, 0.15) is 35.9 Å². The first-order valence-corrected chi connectivity index (χ1v) is 15.5. The number of carbonyl (C=O) groups excluding carboxylic acids is 1. The largest absolute Gasteiger partial charge is 0.508 e.